The van der Waals surface area contributed by atoms with Crippen LogP contribution in [0.5, 0.6) is 0 Å². The van der Waals surface area contributed by atoms with Gasteiger partial charge in [-0.1, -0.05) is 6.92 Å². The van der Waals surface area contributed by atoms with Crippen molar-refractivity contribution in [3.05, 3.63) is 48.7 Å². The van der Waals surface area contributed by atoms with Gasteiger partial charge in [0.1, 0.15) is 0 Å². The van der Waals surface area contributed by atoms with E-state index in [1.165, 1.54) is 12.8 Å². The zero-order valence-electron chi connectivity index (χ0n) is 16.3. The summed E-state index contributed by atoms with van der Waals surface area (Å²) in [5.74, 6) is 1.67. The maximum atomic E-state index is 5.84. The van der Waals surface area contributed by atoms with Gasteiger partial charge in [0.25, 0.3) is 0 Å². The Bertz CT molecular complexity index is 940. The van der Waals surface area contributed by atoms with Crippen molar-refractivity contribution in [3.63, 3.8) is 0 Å². The lowest BCUT2D eigenvalue weighted by Crippen LogP contribution is -2.29. The van der Waals surface area contributed by atoms with Crippen molar-refractivity contribution in [2.24, 2.45) is 5.92 Å². The molecule has 28 heavy (non-hydrogen) atoms. The molecule has 7 nitrogen and oxygen atoms in total. The number of rotatable bonds is 7. The second-order valence-corrected chi connectivity index (χ2v) is 7.31. The van der Waals surface area contributed by atoms with E-state index in [9.17, 15) is 0 Å². The standard InChI is InChI=1S/C21H25N7/c1-3-14(2)28(16-6-9-23-10-7-16)21-24-11-8-18(27-21)17-13-25-20(22)26-19(17)12-15-4-5-15/h6-11,13-15H,3-5,12H2,1-2H3,(H2,22,25,26). The monoisotopic (exact) mass is 375 g/mol. The summed E-state index contributed by atoms with van der Waals surface area (Å²) >= 11 is 0. The van der Waals surface area contributed by atoms with Gasteiger partial charge < -0.3 is 10.6 Å². The molecule has 0 aliphatic heterocycles. The van der Waals surface area contributed by atoms with Gasteiger partial charge in [-0.3, -0.25) is 4.98 Å². The molecule has 3 aromatic heterocycles. The average molecular weight is 375 g/mol. The smallest absolute Gasteiger partial charge is 0.230 e. The lowest BCUT2D eigenvalue weighted by molar-refractivity contribution is 0.673. The van der Waals surface area contributed by atoms with Gasteiger partial charge in [-0.15, -0.1) is 0 Å². The minimum absolute atomic E-state index is 0.242. The fourth-order valence-corrected chi connectivity index (χ4v) is 3.27. The number of pyridine rings is 1. The summed E-state index contributed by atoms with van der Waals surface area (Å²) in [5.41, 5.74) is 9.59. The van der Waals surface area contributed by atoms with Crippen molar-refractivity contribution in [2.45, 2.75) is 45.6 Å². The van der Waals surface area contributed by atoms with Crippen LogP contribution in [0.1, 0.15) is 38.8 Å². The molecule has 1 atom stereocenters. The largest absolute Gasteiger partial charge is 0.368 e. The van der Waals surface area contributed by atoms with E-state index in [1.807, 2.05) is 18.2 Å². The molecule has 3 aromatic rings. The summed E-state index contributed by atoms with van der Waals surface area (Å²) < 4.78 is 0. The van der Waals surface area contributed by atoms with E-state index in [0.29, 0.717) is 17.8 Å². The van der Waals surface area contributed by atoms with E-state index < -0.39 is 0 Å². The number of hydrogen-bond acceptors (Lipinski definition) is 7. The Hall–Kier alpha value is -3.09. The number of nitrogens with two attached hydrogens (primary N) is 1. The molecule has 3 heterocycles. The first-order chi connectivity index (χ1) is 13.7. The molecule has 0 amide bonds. The maximum Gasteiger partial charge on any atom is 0.230 e. The lowest BCUT2D eigenvalue weighted by atomic mass is 10.1. The predicted molar refractivity (Wildman–Crippen MR) is 110 cm³/mol. The SMILES string of the molecule is CCC(C)N(c1ccncc1)c1nccc(-c2cnc(N)nc2CC2CC2)n1. The van der Waals surface area contributed by atoms with E-state index in [0.717, 1.165) is 35.5 Å². The summed E-state index contributed by atoms with van der Waals surface area (Å²) in [6.45, 7) is 4.32. The zero-order valence-corrected chi connectivity index (χ0v) is 16.3. The van der Waals surface area contributed by atoms with Crippen LogP contribution in [0.2, 0.25) is 0 Å². The molecule has 0 aromatic carbocycles. The van der Waals surface area contributed by atoms with Crippen LogP contribution in [-0.2, 0) is 6.42 Å². The first-order valence-electron chi connectivity index (χ1n) is 9.79. The van der Waals surface area contributed by atoms with Crippen molar-refractivity contribution in [1.82, 2.24) is 24.9 Å². The highest BCUT2D eigenvalue weighted by Crippen LogP contribution is 2.35. The number of nitrogens with zero attached hydrogens (tertiary/aromatic N) is 6. The number of nitrogen functional groups attached to an aromatic ring is 1. The molecule has 1 fully saturated rings. The third-order valence-corrected chi connectivity index (χ3v) is 5.17. The third kappa shape index (κ3) is 3.93. The van der Waals surface area contributed by atoms with Gasteiger partial charge in [0.05, 0.1) is 11.4 Å². The molecule has 2 N–H and O–H groups in total. The molecular formula is C21H25N7. The predicted octanol–water partition coefficient (Wildman–Crippen LogP) is 3.80. The minimum Gasteiger partial charge on any atom is -0.368 e. The Kier molecular flexibility index (Phi) is 5.14. The van der Waals surface area contributed by atoms with E-state index in [-0.39, 0.29) is 6.04 Å². The highest BCUT2D eigenvalue weighted by molar-refractivity contribution is 5.65. The topological polar surface area (TPSA) is 93.7 Å². The van der Waals surface area contributed by atoms with Crippen molar-refractivity contribution in [1.29, 1.82) is 0 Å². The molecule has 0 saturated heterocycles. The van der Waals surface area contributed by atoms with Crippen LogP contribution < -0.4 is 10.6 Å². The summed E-state index contributed by atoms with van der Waals surface area (Å²) in [4.78, 5) is 24.4. The molecule has 1 saturated carbocycles. The molecule has 0 radical (unpaired) electrons. The van der Waals surface area contributed by atoms with Gasteiger partial charge in [-0.25, -0.2) is 19.9 Å². The fourth-order valence-electron chi connectivity index (χ4n) is 3.27. The fraction of sp³-hybridized carbons (Fsp3) is 0.381. The Morgan fingerprint density at radius 3 is 2.61 bits per heavy atom. The van der Waals surface area contributed by atoms with Gasteiger partial charge in [-0.05, 0) is 56.7 Å². The second kappa shape index (κ2) is 7.88. The van der Waals surface area contributed by atoms with Gasteiger partial charge >= 0.3 is 0 Å². The zero-order chi connectivity index (χ0) is 19.5. The summed E-state index contributed by atoms with van der Waals surface area (Å²) in [5, 5.41) is 0. The molecule has 1 aliphatic rings. The van der Waals surface area contributed by atoms with Crippen LogP contribution in [0, 0.1) is 5.92 Å². The molecule has 4 rings (SSSR count). The van der Waals surface area contributed by atoms with Gasteiger partial charge in [0, 0.05) is 42.1 Å². The first-order valence-corrected chi connectivity index (χ1v) is 9.79. The molecule has 1 aliphatic carbocycles. The van der Waals surface area contributed by atoms with Crippen LogP contribution in [0.4, 0.5) is 17.6 Å². The Morgan fingerprint density at radius 1 is 1.11 bits per heavy atom. The van der Waals surface area contributed by atoms with Crippen LogP contribution in [0.25, 0.3) is 11.3 Å². The second-order valence-electron chi connectivity index (χ2n) is 7.31. The molecular weight excluding hydrogens is 350 g/mol. The van der Waals surface area contributed by atoms with Gasteiger partial charge in [0.15, 0.2) is 0 Å². The Labute approximate surface area is 165 Å². The lowest BCUT2D eigenvalue weighted by Gasteiger charge is -2.28. The normalized spacial score (nSPS) is 14.6. The highest BCUT2D eigenvalue weighted by atomic mass is 15.3. The summed E-state index contributed by atoms with van der Waals surface area (Å²) in [6, 6.07) is 6.11. The number of aromatic nitrogens is 5. The molecule has 144 valence electrons. The molecule has 0 spiro atoms. The number of hydrogen-bond donors (Lipinski definition) is 1. The molecule has 0 bridgehead atoms. The number of anilines is 3. The van der Waals surface area contributed by atoms with Crippen LogP contribution >= 0.6 is 0 Å². The Balaban J connectivity index is 1.75. The summed E-state index contributed by atoms with van der Waals surface area (Å²) in [7, 11) is 0. The van der Waals surface area contributed by atoms with Crippen LogP contribution in [0.3, 0.4) is 0 Å². The van der Waals surface area contributed by atoms with Crippen molar-refractivity contribution < 1.29 is 0 Å². The van der Waals surface area contributed by atoms with E-state index in [1.54, 1.807) is 24.8 Å². The average Bonchev–Trinajstić information content (AvgIpc) is 3.53. The van der Waals surface area contributed by atoms with Crippen molar-refractivity contribution in [2.75, 3.05) is 10.6 Å². The molecule has 1 unspecified atom stereocenters. The quantitative estimate of drug-likeness (QED) is 0.671. The van der Waals surface area contributed by atoms with Crippen molar-refractivity contribution in [3.8, 4) is 11.3 Å². The van der Waals surface area contributed by atoms with Crippen LogP contribution in [-0.4, -0.2) is 31.0 Å². The van der Waals surface area contributed by atoms with Gasteiger partial charge in [-0.2, -0.15) is 0 Å². The minimum atomic E-state index is 0.242. The van der Waals surface area contributed by atoms with E-state index >= 15 is 0 Å². The van der Waals surface area contributed by atoms with E-state index in [4.69, 9.17) is 10.7 Å². The van der Waals surface area contributed by atoms with E-state index in [2.05, 4.69) is 38.7 Å². The first kappa shape index (κ1) is 18.3. The van der Waals surface area contributed by atoms with Crippen molar-refractivity contribution >= 4 is 17.6 Å². The molecule has 7 heteroatoms. The maximum absolute atomic E-state index is 5.84. The third-order valence-electron chi connectivity index (χ3n) is 5.17. The highest BCUT2D eigenvalue weighted by Gasteiger charge is 2.25. The summed E-state index contributed by atoms with van der Waals surface area (Å²) in [6.07, 6.45) is 11.5. The van der Waals surface area contributed by atoms with Crippen LogP contribution in [0.15, 0.2) is 43.0 Å². The van der Waals surface area contributed by atoms with Gasteiger partial charge in [0.2, 0.25) is 11.9 Å². The Morgan fingerprint density at radius 2 is 1.89 bits per heavy atom.